The lowest BCUT2D eigenvalue weighted by Gasteiger charge is -2.31. The van der Waals surface area contributed by atoms with E-state index >= 15 is 0 Å². The third-order valence-corrected chi connectivity index (χ3v) is 3.33. The number of nitrogens with zero attached hydrogens (tertiary/aromatic N) is 2. The SMILES string of the molecule is Cc1ccc(C(=O)N2CCC(OCCO)CC2)cn1. The van der Waals surface area contributed by atoms with Gasteiger partial charge in [-0.25, -0.2) is 0 Å². The van der Waals surface area contributed by atoms with Crippen LogP contribution in [0.3, 0.4) is 0 Å². The van der Waals surface area contributed by atoms with Crippen molar-refractivity contribution in [1.82, 2.24) is 9.88 Å². The Morgan fingerprint density at radius 3 is 2.79 bits per heavy atom. The molecule has 0 spiro atoms. The predicted molar refractivity (Wildman–Crippen MR) is 70.9 cm³/mol. The predicted octanol–water partition coefficient (Wildman–Crippen LogP) is 1.00. The van der Waals surface area contributed by atoms with Crippen LogP contribution in [0.5, 0.6) is 0 Å². The van der Waals surface area contributed by atoms with Gasteiger partial charge in [0, 0.05) is 25.0 Å². The zero-order valence-corrected chi connectivity index (χ0v) is 11.2. The number of carbonyl (C=O) groups excluding carboxylic acids is 1. The van der Waals surface area contributed by atoms with Crippen molar-refractivity contribution in [3.05, 3.63) is 29.6 Å². The first kappa shape index (κ1) is 14.0. The molecule has 1 N–H and O–H groups in total. The maximum atomic E-state index is 12.2. The van der Waals surface area contributed by atoms with E-state index in [0.29, 0.717) is 25.3 Å². The Bertz CT molecular complexity index is 411. The second-order valence-electron chi connectivity index (χ2n) is 4.77. The molecule has 0 radical (unpaired) electrons. The molecule has 104 valence electrons. The van der Waals surface area contributed by atoms with Crippen LogP contribution in [0, 0.1) is 6.92 Å². The summed E-state index contributed by atoms with van der Waals surface area (Å²) in [5.41, 5.74) is 1.55. The fourth-order valence-electron chi connectivity index (χ4n) is 2.22. The molecule has 0 aliphatic carbocycles. The first-order valence-corrected chi connectivity index (χ1v) is 6.65. The van der Waals surface area contributed by atoms with E-state index in [-0.39, 0.29) is 18.6 Å². The van der Waals surface area contributed by atoms with Gasteiger partial charge in [0.1, 0.15) is 0 Å². The second-order valence-corrected chi connectivity index (χ2v) is 4.77. The van der Waals surface area contributed by atoms with Crippen LogP contribution in [0.2, 0.25) is 0 Å². The molecule has 5 nitrogen and oxygen atoms in total. The largest absolute Gasteiger partial charge is 0.394 e. The van der Waals surface area contributed by atoms with Gasteiger partial charge in [0.05, 0.1) is 24.9 Å². The van der Waals surface area contributed by atoms with Crippen LogP contribution in [0.4, 0.5) is 0 Å². The zero-order valence-electron chi connectivity index (χ0n) is 11.2. The van der Waals surface area contributed by atoms with E-state index in [0.717, 1.165) is 18.5 Å². The number of carbonyl (C=O) groups is 1. The molecule has 0 unspecified atom stereocenters. The van der Waals surface area contributed by atoms with Gasteiger partial charge in [-0.15, -0.1) is 0 Å². The minimum atomic E-state index is 0.0353. The Labute approximate surface area is 113 Å². The van der Waals surface area contributed by atoms with Crippen LogP contribution in [0.15, 0.2) is 18.3 Å². The van der Waals surface area contributed by atoms with Crippen molar-refractivity contribution in [3.8, 4) is 0 Å². The lowest BCUT2D eigenvalue weighted by atomic mass is 10.1. The molecule has 1 amide bonds. The summed E-state index contributed by atoms with van der Waals surface area (Å²) in [7, 11) is 0. The number of ether oxygens (including phenoxy) is 1. The van der Waals surface area contributed by atoms with Gasteiger partial charge in [0.25, 0.3) is 5.91 Å². The third kappa shape index (κ3) is 3.75. The molecule has 0 bridgehead atoms. The lowest BCUT2D eigenvalue weighted by molar-refractivity contribution is -0.00554. The molecule has 1 aromatic heterocycles. The number of rotatable bonds is 4. The minimum Gasteiger partial charge on any atom is -0.394 e. The van der Waals surface area contributed by atoms with Gasteiger partial charge in [-0.3, -0.25) is 9.78 Å². The number of aliphatic hydroxyl groups excluding tert-OH is 1. The number of piperidine rings is 1. The number of hydrogen-bond acceptors (Lipinski definition) is 4. The van der Waals surface area contributed by atoms with Crippen molar-refractivity contribution in [3.63, 3.8) is 0 Å². The molecule has 19 heavy (non-hydrogen) atoms. The summed E-state index contributed by atoms with van der Waals surface area (Å²) in [6.07, 6.45) is 3.44. The number of aryl methyl sites for hydroxylation is 1. The smallest absolute Gasteiger partial charge is 0.255 e. The molecular weight excluding hydrogens is 244 g/mol. The van der Waals surface area contributed by atoms with E-state index in [1.807, 2.05) is 24.0 Å². The van der Waals surface area contributed by atoms with Crippen molar-refractivity contribution < 1.29 is 14.6 Å². The molecular formula is C14H20N2O3. The number of pyridine rings is 1. The standard InChI is InChI=1S/C14H20N2O3/c1-11-2-3-12(10-15-11)14(18)16-6-4-13(5-7-16)19-9-8-17/h2-3,10,13,17H,4-9H2,1H3. The second kappa shape index (κ2) is 6.63. The van der Waals surface area contributed by atoms with Crippen molar-refractivity contribution in [2.24, 2.45) is 0 Å². The van der Waals surface area contributed by atoms with Gasteiger partial charge in [-0.2, -0.15) is 0 Å². The molecule has 0 saturated carbocycles. The molecule has 1 aromatic rings. The van der Waals surface area contributed by atoms with Gasteiger partial charge in [-0.1, -0.05) is 0 Å². The van der Waals surface area contributed by atoms with Crippen LogP contribution in [-0.2, 0) is 4.74 Å². The highest BCUT2D eigenvalue weighted by Gasteiger charge is 2.23. The van der Waals surface area contributed by atoms with Gasteiger partial charge >= 0.3 is 0 Å². The van der Waals surface area contributed by atoms with Crippen molar-refractivity contribution in [2.45, 2.75) is 25.9 Å². The quantitative estimate of drug-likeness (QED) is 0.881. The summed E-state index contributed by atoms with van der Waals surface area (Å²) in [4.78, 5) is 18.2. The summed E-state index contributed by atoms with van der Waals surface area (Å²) in [5, 5.41) is 8.71. The highest BCUT2D eigenvalue weighted by molar-refractivity contribution is 5.93. The van der Waals surface area contributed by atoms with E-state index < -0.39 is 0 Å². The zero-order chi connectivity index (χ0) is 13.7. The van der Waals surface area contributed by atoms with Gasteiger partial charge in [0.15, 0.2) is 0 Å². The number of aliphatic hydroxyl groups is 1. The van der Waals surface area contributed by atoms with Crippen LogP contribution >= 0.6 is 0 Å². The van der Waals surface area contributed by atoms with E-state index in [1.165, 1.54) is 0 Å². The average Bonchev–Trinajstić information content (AvgIpc) is 2.46. The monoisotopic (exact) mass is 264 g/mol. The van der Waals surface area contributed by atoms with Crippen molar-refractivity contribution in [2.75, 3.05) is 26.3 Å². The molecule has 0 aromatic carbocycles. The van der Waals surface area contributed by atoms with Crippen LogP contribution in [0.1, 0.15) is 28.9 Å². The molecule has 5 heteroatoms. The summed E-state index contributed by atoms with van der Waals surface area (Å²) in [6, 6.07) is 3.67. The maximum absolute atomic E-state index is 12.2. The van der Waals surface area contributed by atoms with Gasteiger partial charge in [-0.05, 0) is 31.9 Å². The molecule has 2 rings (SSSR count). The summed E-state index contributed by atoms with van der Waals surface area (Å²) >= 11 is 0. The van der Waals surface area contributed by atoms with Gasteiger partial charge in [0.2, 0.25) is 0 Å². The molecule has 1 fully saturated rings. The third-order valence-electron chi connectivity index (χ3n) is 3.33. The minimum absolute atomic E-state index is 0.0353. The Balaban J connectivity index is 1.87. The number of amides is 1. The van der Waals surface area contributed by atoms with E-state index in [9.17, 15) is 4.79 Å². The summed E-state index contributed by atoms with van der Waals surface area (Å²) < 4.78 is 5.48. The molecule has 1 saturated heterocycles. The van der Waals surface area contributed by atoms with Crippen LogP contribution in [0.25, 0.3) is 0 Å². The fraction of sp³-hybridized carbons (Fsp3) is 0.571. The molecule has 1 aliphatic rings. The van der Waals surface area contributed by atoms with E-state index in [2.05, 4.69) is 4.98 Å². The Hall–Kier alpha value is -1.46. The molecule has 0 atom stereocenters. The number of likely N-dealkylation sites (tertiary alicyclic amines) is 1. The Morgan fingerprint density at radius 2 is 2.21 bits per heavy atom. The highest BCUT2D eigenvalue weighted by atomic mass is 16.5. The first-order chi connectivity index (χ1) is 9.20. The topological polar surface area (TPSA) is 62.7 Å². The normalized spacial score (nSPS) is 16.6. The average molecular weight is 264 g/mol. The van der Waals surface area contributed by atoms with E-state index in [1.54, 1.807) is 6.20 Å². The molecule has 2 heterocycles. The number of aromatic nitrogens is 1. The summed E-state index contributed by atoms with van der Waals surface area (Å²) in [5.74, 6) is 0.0353. The van der Waals surface area contributed by atoms with Crippen LogP contribution in [-0.4, -0.2) is 53.3 Å². The Morgan fingerprint density at radius 1 is 1.47 bits per heavy atom. The fourth-order valence-corrected chi connectivity index (χ4v) is 2.22. The van der Waals surface area contributed by atoms with Crippen molar-refractivity contribution in [1.29, 1.82) is 0 Å². The first-order valence-electron chi connectivity index (χ1n) is 6.65. The molecule has 1 aliphatic heterocycles. The highest BCUT2D eigenvalue weighted by Crippen LogP contribution is 2.16. The van der Waals surface area contributed by atoms with E-state index in [4.69, 9.17) is 9.84 Å². The maximum Gasteiger partial charge on any atom is 0.255 e. The number of hydrogen-bond donors (Lipinski definition) is 1. The lowest BCUT2D eigenvalue weighted by Crippen LogP contribution is -2.41. The van der Waals surface area contributed by atoms with Crippen LogP contribution < -0.4 is 0 Å². The Kier molecular flexibility index (Phi) is 4.87. The van der Waals surface area contributed by atoms with Crippen molar-refractivity contribution >= 4 is 5.91 Å². The van der Waals surface area contributed by atoms with Gasteiger partial charge < -0.3 is 14.7 Å². The summed E-state index contributed by atoms with van der Waals surface area (Å²) in [6.45, 7) is 3.72.